The van der Waals surface area contributed by atoms with E-state index in [0.29, 0.717) is 19.5 Å². The van der Waals surface area contributed by atoms with Crippen LogP contribution in [0, 0.1) is 0 Å². The minimum atomic E-state index is -0.255. The number of nitrogens with zero attached hydrogens (tertiary/aromatic N) is 2. The van der Waals surface area contributed by atoms with Crippen molar-refractivity contribution >= 4 is 11.8 Å². The Morgan fingerprint density at radius 2 is 1.88 bits per heavy atom. The summed E-state index contributed by atoms with van der Waals surface area (Å²) >= 11 is 0. The Morgan fingerprint density at radius 3 is 2.47 bits per heavy atom. The summed E-state index contributed by atoms with van der Waals surface area (Å²) < 4.78 is 11.3. The van der Waals surface area contributed by atoms with Crippen molar-refractivity contribution in [3.8, 4) is 0 Å². The van der Waals surface area contributed by atoms with Crippen LogP contribution in [0.1, 0.15) is 63.7 Å². The van der Waals surface area contributed by atoms with E-state index in [2.05, 4.69) is 0 Å². The largest absolute Gasteiger partial charge is 0.467 e. The molecule has 6 nitrogen and oxygen atoms in total. The lowest BCUT2D eigenvalue weighted by Gasteiger charge is -2.34. The van der Waals surface area contributed by atoms with E-state index in [9.17, 15) is 9.59 Å². The highest BCUT2D eigenvalue weighted by Crippen LogP contribution is 2.24. The topological polar surface area (TPSA) is 63.0 Å². The van der Waals surface area contributed by atoms with Crippen LogP contribution >= 0.6 is 0 Å². The molecule has 3 unspecified atom stereocenters. The van der Waals surface area contributed by atoms with Gasteiger partial charge in [0, 0.05) is 19.2 Å². The number of furan rings is 1. The molecule has 0 radical (unpaired) electrons. The third-order valence-corrected chi connectivity index (χ3v) is 6.35. The molecule has 0 aliphatic carbocycles. The highest BCUT2D eigenvalue weighted by molar-refractivity contribution is 5.88. The number of hydrogen-bond donors (Lipinski definition) is 0. The maximum Gasteiger partial charge on any atom is 0.242 e. The lowest BCUT2D eigenvalue weighted by atomic mass is 9.94. The number of rotatable bonds is 11. The molecule has 1 aromatic carbocycles. The smallest absolute Gasteiger partial charge is 0.242 e. The number of carbonyl (C=O) groups is 2. The molecule has 3 atom stereocenters. The van der Waals surface area contributed by atoms with Crippen molar-refractivity contribution in [3.63, 3.8) is 0 Å². The maximum atomic E-state index is 13.6. The molecule has 174 valence electrons. The minimum Gasteiger partial charge on any atom is -0.467 e. The first-order valence-electron chi connectivity index (χ1n) is 11.8. The van der Waals surface area contributed by atoms with Gasteiger partial charge in [-0.2, -0.15) is 0 Å². The van der Waals surface area contributed by atoms with Gasteiger partial charge < -0.3 is 19.0 Å². The molecule has 32 heavy (non-hydrogen) atoms. The van der Waals surface area contributed by atoms with Gasteiger partial charge in [0.2, 0.25) is 11.8 Å². The van der Waals surface area contributed by atoms with Crippen molar-refractivity contribution in [2.45, 2.75) is 71.1 Å². The molecular formula is C26H36N2O4. The summed E-state index contributed by atoms with van der Waals surface area (Å²) in [4.78, 5) is 30.6. The summed E-state index contributed by atoms with van der Waals surface area (Å²) in [5.74, 6) is 0.410. The van der Waals surface area contributed by atoms with E-state index in [-0.39, 0.29) is 36.4 Å². The monoisotopic (exact) mass is 440 g/mol. The highest BCUT2D eigenvalue weighted by atomic mass is 16.5. The van der Waals surface area contributed by atoms with Crippen LogP contribution in [0.4, 0.5) is 0 Å². The van der Waals surface area contributed by atoms with E-state index in [1.165, 1.54) is 0 Å². The minimum absolute atomic E-state index is 0.0106. The van der Waals surface area contributed by atoms with Gasteiger partial charge in [-0.05, 0) is 50.3 Å². The van der Waals surface area contributed by atoms with E-state index in [1.54, 1.807) is 16.1 Å². The number of carbonyl (C=O) groups excluding carboxylic acids is 2. The Bertz CT molecular complexity index is 831. The number of benzene rings is 1. The molecular weight excluding hydrogens is 404 g/mol. The van der Waals surface area contributed by atoms with E-state index in [0.717, 1.165) is 37.2 Å². The van der Waals surface area contributed by atoms with Crippen LogP contribution in [0.15, 0.2) is 53.1 Å². The zero-order valence-corrected chi connectivity index (χ0v) is 19.5. The zero-order chi connectivity index (χ0) is 22.9. The highest BCUT2D eigenvalue weighted by Gasteiger charge is 2.31. The summed E-state index contributed by atoms with van der Waals surface area (Å²) in [6.07, 6.45) is 5.09. The van der Waals surface area contributed by atoms with Gasteiger partial charge >= 0.3 is 0 Å². The second kappa shape index (κ2) is 11.9. The second-order valence-corrected chi connectivity index (χ2v) is 8.58. The third kappa shape index (κ3) is 6.22. The SMILES string of the molecule is CCC(C(=O)N(CC(=O)N(Cc1ccco1)CC1CCCO1)C(C)CC)c1ccccc1. The lowest BCUT2D eigenvalue weighted by molar-refractivity contribution is -0.144. The van der Waals surface area contributed by atoms with Crippen LogP contribution in [-0.2, 0) is 20.9 Å². The second-order valence-electron chi connectivity index (χ2n) is 8.58. The lowest BCUT2D eigenvalue weighted by Crippen LogP contribution is -2.49. The fourth-order valence-corrected chi connectivity index (χ4v) is 4.23. The van der Waals surface area contributed by atoms with Crippen molar-refractivity contribution < 1.29 is 18.7 Å². The van der Waals surface area contributed by atoms with Gasteiger partial charge in [-0.15, -0.1) is 0 Å². The summed E-state index contributed by atoms with van der Waals surface area (Å²) in [6.45, 7) is 7.77. The maximum absolute atomic E-state index is 13.6. The molecule has 1 aromatic heterocycles. The standard InChI is InChI=1S/C26H36N2O4/c1-4-20(3)28(26(30)24(5-2)21-11-7-6-8-12-21)19-25(29)27(17-22-13-9-15-31-22)18-23-14-10-16-32-23/h6-9,11-13,15,20,23-24H,4-5,10,14,16-19H2,1-3H3. The Labute approximate surface area is 191 Å². The number of amides is 2. The Kier molecular flexibility index (Phi) is 8.91. The summed E-state index contributed by atoms with van der Waals surface area (Å²) in [5, 5.41) is 0. The average Bonchev–Trinajstić information content (AvgIpc) is 3.52. The van der Waals surface area contributed by atoms with Gasteiger partial charge in [0.15, 0.2) is 0 Å². The average molecular weight is 441 g/mol. The summed E-state index contributed by atoms with van der Waals surface area (Å²) in [6, 6.07) is 13.5. The molecule has 0 spiro atoms. The first-order valence-corrected chi connectivity index (χ1v) is 11.8. The van der Waals surface area contributed by atoms with Crippen LogP contribution in [0.2, 0.25) is 0 Å². The summed E-state index contributed by atoms with van der Waals surface area (Å²) in [5.41, 5.74) is 0.993. The Balaban J connectivity index is 1.78. The molecule has 1 saturated heterocycles. The van der Waals surface area contributed by atoms with Crippen LogP contribution in [0.25, 0.3) is 0 Å². The number of ether oxygens (including phenoxy) is 1. The predicted molar refractivity (Wildman–Crippen MR) is 124 cm³/mol. The molecule has 1 aliphatic heterocycles. The van der Waals surface area contributed by atoms with E-state index in [4.69, 9.17) is 9.15 Å². The van der Waals surface area contributed by atoms with Crippen LogP contribution < -0.4 is 0 Å². The Morgan fingerprint density at radius 1 is 1.09 bits per heavy atom. The van der Waals surface area contributed by atoms with Crippen molar-refractivity contribution in [2.75, 3.05) is 19.7 Å². The summed E-state index contributed by atoms with van der Waals surface area (Å²) in [7, 11) is 0. The van der Waals surface area contributed by atoms with Crippen molar-refractivity contribution in [1.82, 2.24) is 9.80 Å². The van der Waals surface area contributed by atoms with Crippen molar-refractivity contribution in [1.29, 1.82) is 0 Å². The van der Waals surface area contributed by atoms with Crippen molar-refractivity contribution in [3.05, 3.63) is 60.1 Å². The van der Waals surface area contributed by atoms with E-state index >= 15 is 0 Å². The zero-order valence-electron chi connectivity index (χ0n) is 19.5. The molecule has 0 bridgehead atoms. The Hall–Kier alpha value is -2.60. The van der Waals surface area contributed by atoms with Crippen LogP contribution in [0.3, 0.4) is 0 Å². The molecule has 1 fully saturated rings. The molecule has 2 aromatic rings. The van der Waals surface area contributed by atoms with Gasteiger partial charge in [-0.1, -0.05) is 44.2 Å². The van der Waals surface area contributed by atoms with E-state index in [1.807, 2.05) is 63.2 Å². The predicted octanol–water partition coefficient (Wildman–Crippen LogP) is 4.61. The molecule has 2 heterocycles. The van der Waals surface area contributed by atoms with Gasteiger partial charge in [0.1, 0.15) is 12.3 Å². The molecule has 0 N–H and O–H groups in total. The number of hydrogen-bond acceptors (Lipinski definition) is 4. The van der Waals surface area contributed by atoms with Gasteiger partial charge in [0.25, 0.3) is 0 Å². The normalized spacial score (nSPS) is 17.7. The van der Waals surface area contributed by atoms with Gasteiger partial charge in [-0.25, -0.2) is 0 Å². The molecule has 1 aliphatic rings. The molecule has 6 heteroatoms. The molecule has 3 rings (SSSR count). The molecule has 2 amide bonds. The fourth-order valence-electron chi connectivity index (χ4n) is 4.23. The quantitative estimate of drug-likeness (QED) is 0.512. The first-order chi connectivity index (χ1) is 15.5. The van der Waals surface area contributed by atoms with Crippen molar-refractivity contribution in [2.24, 2.45) is 0 Å². The van der Waals surface area contributed by atoms with E-state index < -0.39 is 0 Å². The molecule has 0 saturated carbocycles. The van der Waals surface area contributed by atoms with Crippen LogP contribution in [-0.4, -0.2) is 53.5 Å². The fraction of sp³-hybridized carbons (Fsp3) is 0.538. The van der Waals surface area contributed by atoms with Gasteiger partial charge in [-0.3, -0.25) is 9.59 Å². The third-order valence-electron chi connectivity index (χ3n) is 6.35. The first kappa shape index (κ1) is 24.1. The van der Waals surface area contributed by atoms with Gasteiger partial charge in [0.05, 0.1) is 24.8 Å². The van der Waals surface area contributed by atoms with Crippen LogP contribution in [0.5, 0.6) is 0 Å².